The number of amides is 1. The number of aromatic nitrogens is 3. The monoisotopic (exact) mass is 367 g/mol. The Kier molecular flexibility index (Phi) is 4.88. The number of nitrogens with zero attached hydrogens (tertiary/aromatic N) is 3. The molecule has 0 bridgehead atoms. The molecular formula is C19H21N5O3. The van der Waals surface area contributed by atoms with Crippen LogP contribution in [-0.4, -0.2) is 58.7 Å². The topological polar surface area (TPSA) is 92.4 Å². The first-order valence-electron chi connectivity index (χ1n) is 8.96. The van der Waals surface area contributed by atoms with Crippen molar-refractivity contribution in [3.8, 4) is 5.88 Å². The smallest absolute Gasteiger partial charge is 0.254 e. The molecule has 0 unspecified atom stereocenters. The third kappa shape index (κ3) is 3.70. The summed E-state index contributed by atoms with van der Waals surface area (Å²) in [4.78, 5) is 26.3. The first kappa shape index (κ1) is 17.3. The molecule has 1 amide bonds. The first-order chi connectivity index (χ1) is 13.2. The highest BCUT2D eigenvalue weighted by atomic mass is 16.5. The lowest BCUT2D eigenvalue weighted by molar-refractivity contribution is 0.0303. The molecule has 0 aliphatic carbocycles. The Morgan fingerprint density at radius 2 is 2.00 bits per heavy atom. The number of H-pyrrole nitrogens is 1. The van der Waals surface area contributed by atoms with Crippen LogP contribution >= 0.6 is 0 Å². The summed E-state index contributed by atoms with van der Waals surface area (Å²) < 4.78 is 10.9. The molecule has 3 aromatic rings. The van der Waals surface area contributed by atoms with Crippen LogP contribution in [0.2, 0.25) is 0 Å². The fourth-order valence-corrected chi connectivity index (χ4v) is 2.99. The molecule has 8 heteroatoms. The highest BCUT2D eigenvalue weighted by Crippen LogP contribution is 2.25. The van der Waals surface area contributed by atoms with E-state index in [1.807, 2.05) is 30.0 Å². The van der Waals surface area contributed by atoms with E-state index in [2.05, 4.69) is 20.3 Å². The van der Waals surface area contributed by atoms with Gasteiger partial charge in [0.15, 0.2) is 0 Å². The molecular weight excluding hydrogens is 346 g/mol. The summed E-state index contributed by atoms with van der Waals surface area (Å²) in [5, 5.41) is 4.00. The molecule has 8 nitrogen and oxygen atoms in total. The zero-order valence-electron chi connectivity index (χ0n) is 15.1. The van der Waals surface area contributed by atoms with Crippen molar-refractivity contribution in [3.63, 3.8) is 0 Å². The average molecular weight is 367 g/mol. The van der Waals surface area contributed by atoms with Gasteiger partial charge in [0.05, 0.1) is 25.2 Å². The maximum Gasteiger partial charge on any atom is 0.254 e. The van der Waals surface area contributed by atoms with Crippen molar-refractivity contribution < 1.29 is 14.3 Å². The van der Waals surface area contributed by atoms with Crippen molar-refractivity contribution in [2.24, 2.45) is 0 Å². The van der Waals surface area contributed by atoms with Gasteiger partial charge in [-0.2, -0.15) is 9.97 Å². The predicted molar refractivity (Wildman–Crippen MR) is 102 cm³/mol. The standard InChI is InChI=1S/C19H21N5O3/c1-2-27-17-15-7-8-20-16(15)22-19(23-17)21-14-5-3-13(4-6-14)18(25)24-9-11-26-12-10-24/h3-8H,2,9-12H2,1H3,(H2,20,21,22,23). The van der Waals surface area contributed by atoms with Crippen molar-refractivity contribution in [2.75, 3.05) is 38.2 Å². The number of nitrogens with one attached hydrogen (secondary N) is 2. The first-order valence-corrected chi connectivity index (χ1v) is 8.96. The largest absolute Gasteiger partial charge is 0.477 e. The van der Waals surface area contributed by atoms with Gasteiger partial charge in [0.2, 0.25) is 11.8 Å². The summed E-state index contributed by atoms with van der Waals surface area (Å²) in [6.07, 6.45) is 1.80. The molecule has 2 N–H and O–H groups in total. The normalized spacial score (nSPS) is 14.3. The number of carbonyl (C=O) groups excluding carboxylic acids is 1. The molecule has 1 aliphatic heterocycles. The molecule has 27 heavy (non-hydrogen) atoms. The third-order valence-electron chi connectivity index (χ3n) is 4.35. The van der Waals surface area contributed by atoms with Gasteiger partial charge in [0, 0.05) is 30.5 Å². The van der Waals surface area contributed by atoms with Crippen LogP contribution in [0.1, 0.15) is 17.3 Å². The Bertz CT molecular complexity index is 932. The quantitative estimate of drug-likeness (QED) is 0.720. The van der Waals surface area contributed by atoms with Gasteiger partial charge in [0.25, 0.3) is 5.91 Å². The Morgan fingerprint density at radius 1 is 1.22 bits per heavy atom. The van der Waals surface area contributed by atoms with E-state index >= 15 is 0 Å². The van der Waals surface area contributed by atoms with Crippen LogP contribution in [0.3, 0.4) is 0 Å². The minimum Gasteiger partial charge on any atom is -0.477 e. The lowest BCUT2D eigenvalue weighted by Crippen LogP contribution is -2.40. The molecule has 1 saturated heterocycles. The number of hydrogen-bond acceptors (Lipinski definition) is 6. The number of carbonyl (C=O) groups is 1. The number of fused-ring (bicyclic) bond motifs is 1. The van der Waals surface area contributed by atoms with Gasteiger partial charge in [0.1, 0.15) is 5.65 Å². The van der Waals surface area contributed by atoms with E-state index in [1.54, 1.807) is 18.3 Å². The number of aromatic amines is 1. The Morgan fingerprint density at radius 3 is 2.74 bits per heavy atom. The summed E-state index contributed by atoms with van der Waals surface area (Å²) in [7, 11) is 0. The fraction of sp³-hybridized carbons (Fsp3) is 0.316. The average Bonchev–Trinajstić information content (AvgIpc) is 3.18. The second-order valence-corrected chi connectivity index (χ2v) is 6.13. The van der Waals surface area contributed by atoms with Crippen molar-refractivity contribution in [2.45, 2.75) is 6.92 Å². The molecule has 3 heterocycles. The van der Waals surface area contributed by atoms with Crippen molar-refractivity contribution in [3.05, 3.63) is 42.1 Å². The highest BCUT2D eigenvalue weighted by molar-refractivity contribution is 5.94. The van der Waals surface area contributed by atoms with E-state index in [-0.39, 0.29) is 5.91 Å². The molecule has 140 valence electrons. The number of hydrogen-bond donors (Lipinski definition) is 2. The van der Waals surface area contributed by atoms with E-state index in [1.165, 1.54) is 0 Å². The van der Waals surface area contributed by atoms with Crippen LogP contribution in [0.5, 0.6) is 5.88 Å². The second kappa shape index (κ2) is 7.63. The summed E-state index contributed by atoms with van der Waals surface area (Å²) in [5.74, 6) is 0.985. The Labute approximate surface area is 156 Å². The fourth-order valence-electron chi connectivity index (χ4n) is 2.99. The minimum atomic E-state index is 0.0209. The minimum absolute atomic E-state index is 0.0209. The van der Waals surface area contributed by atoms with Crippen molar-refractivity contribution >= 4 is 28.6 Å². The van der Waals surface area contributed by atoms with Gasteiger partial charge in [-0.05, 0) is 37.3 Å². The number of anilines is 2. The van der Waals surface area contributed by atoms with Crippen LogP contribution < -0.4 is 10.1 Å². The molecule has 0 saturated carbocycles. The van der Waals surface area contributed by atoms with E-state index in [0.717, 1.165) is 11.1 Å². The number of morpholine rings is 1. The molecule has 2 aromatic heterocycles. The molecule has 1 fully saturated rings. The zero-order valence-corrected chi connectivity index (χ0v) is 15.1. The van der Waals surface area contributed by atoms with E-state index in [4.69, 9.17) is 9.47 Å². The van der Waals surface area contributed by atoms with Gasteiger partial charge in [-0.15, -0.1) is 0 Å². The molecule has 0 atom stereocenters. The lowest BCUT2D eigenvalue weighted by Gasteiger charge is -2.26. The SMILES string of the molecule is CCOc1nc(Nc2ccc(C(=O)N3CCOCC3)cc2)nc2[nH]ccc12. The van der Waals surface area contributed by atoms with E-state index in [0.29, 0.717) is 55.9 Å². The Hall–Kier alpha value is -3.13. The van der Waals surface area contributed by atoms with Gasteiger partial charge in [-0.25, -0.2) is 0 Å². The molecule has 1 aliphatic rings. The molecule has 0 radical (unpaired) electrons. The Balaban J connectivity index is 1.51. The van der Waals surface area contributed by atoms with Gasteiger partial charge >= 0.3 is 0 Å². The van der Waals surface area contributed by atoms with Gasteiger partial charge in [-0.3, -0.25) is 4.79 Å². The summed E-state index contributed by atoms with van der Waals surface area (Å²) in [5.41, 5.74) is 2.15. The second-order valence-electron chi connectivity index (χ2n) is 6.13. The maximum absolute atomic E-state index is 12.5. The predicted octanol–water partition coefficient (Wildman–Crippen LogP) is 2.57. The summed E-state index contributed by atoms with van der Waals surface area (Å²) in [6, 6.07) is 9.18. The van der Waals surface area contributed by atoms with Crippen LogP contribution in [0.25, 0.3) is 11.0 Å². The van der Waals surface area contributed by atoms with Crippen LogP contribution in [0.15, 0.2) is 36.5 Å². The number of rotatable bonds is 5. The number of benzene rings is 1. The molecule has 1 aromatic carbocycles. The van der Waals surface area contributed by atoms with E-state index in [9.17, 15) is 4.79 Å². The highest BCUT2D eigenvalue weighted by Gasteiger charge is 2.18. The van der Waals surface area contributed by atoms with Crippen LogP contribution in [0, 0.1) is 0 Å². The zero-order chi connectivity index (χ0) is 18.6. The van der Waals surface area contributed by atoms with Crippen LogP contribution in [-0.2, 0) is 4.74 Å². The van der Waals surface area contributed by atoms with Gasteiger partial charge in [-0.1, -0.05) is 0 Å². The van der Waals surface area contributed by atoms with Gasteiger partial charge < -0.3 is 24.7 Å². The summed E-state index contributed by atoms with van der Waals surface area (Å²) in [6.45, 7) is 4.87. The third-order valence-corrected chi connectivity index (χ3v) is 4.35. The molecule has 0 spiro atoms. The molecule has 4 rings (SSSR count). The van der Waals surface area contributed by atoms with Crippen LogP contribution in [0.4, 0.5) is 11.6 Å². The maximum atomic E-state index is 12.5. The summed E-state index contributed by atoms with van der Waals surface area (Å²) >= 11 is 0. The number of ether oxygens (including phenoxy) is 2. The van der Waals surface area contributed by atoms with Crippen molar-refractivity contribution in [1.82, 2.24) is 19.9 Å². The lowest BCUT2D eigenvalue weighted by atomic mass is 10.1. The van der Waals surface area contributed by atoms with E-state index < -0.39 is 0 Å². The van der Waals surface area contributed by atoms with Crippen molar-refractivity contribution in [1.29, 1.82) is 0 Å².